The van der Waals surface area contributed by atoms with E-state index in [9.17, 15) is 13.2 Å². The van der Waals surface area contributed by atoms with Gasteiger partial charge in [-0.25, -0.2) is 8.42 Å². The molecule has 1 aliphatic heterocycles. The summed E-state index contributed by atoms with van der Waals surface area (Å²) in [6, 6.07) is 15.1. The Morgan fingerprint density at radius 1 is 1.00 bits per heavy atom. The highest BCUT2D eigenvalue weighted by Crippen LogP contribution is 2.24. The lowest BCUT2D eigenvalue weighted by atomic mass is 9.97. The lowest BCUT2D eigenvalue weighted by molar-refractivity contribution is -0.126. The van der Waals surface area contributed by atoms with Crippen LogP contribution in [0.1, 0.15) is 43.4 Å². The largest absolute Gasteiger partial charge is 0.352 e. The highest BCUT2D eigenvalue weighted by atomic mass is 32.2. The van der Waals surface area contributed by atoms with Crippen molar-refractivity contribution in [2.24, 2.45) is 5.92 Å². The molecule has 1 fully saturated rings. The van der Waals surface area contributed by atoms with E-state index >= 15 is 0 Å². The molecule has 2 aromatic carbocycles. The van der Waals surface area contributed by atoms with Gasteiger partial charge in [0.05, 0.1) is 4.90 Å². The van der Waals surface area contributed by atoms with Crippen molar-refractivity contribution in [2.75, 3.05) is 26.2 Å². The van der Waals surface area contributed by atoms with E-state index in [2.05, 4.69) is 36.2 Å². The normalized spacial score (nSPS) is 15.8. The molecule has 32 heavy (non-hydrogen) atoms. The number of piperidine rings is 1. The number of nitrogens with zero attached hydrogens (tertiary/aromatic N) is 2. The average Bonchev–Trinajstić information content (AvgIpc) is 2.82. The molecular weight excluding hydrogens is 422 g/mol. The van der Waals surface area contributed by atoms with Gasteiger partial charge in [0.15, 0.2) is 0 Å². The van der Waals surface area contributed by atoms with Crippen LogP contribution in [-0.4, -0.2) is 49.7 Å². The molecule has 0 saturated carbocycles. The second-order valence-corrected chi connectivity index (χ2v) is 10.4. The van der Waals surface area contributed by atoms with E-state index in [1.165, 1.54) is 9.87 Å². The highest BCUT2D eigenvalue weighted by Gasteiger charge is 2.32. The summed E-state index contributed by atoms with van der Waals surface area (Å²) in [5.41, 5.74) is 3.39. The van der Waals surface area contributed by atoms with Crippen LogP contribution in [0.5, 0.6) is 0 Å². The SMILES string of the molecule is CCN(CC)Cc1ccccc1CNC(=O)C1CCN(S(=O)(=O)c2ccc(C)cc2)CC1. The molecule has 1 N–H and O–H groups in total. The zero-order valence-electron chi connectivity index (χ0n) is 19.4. The van der Waals surface area contributed by atoms with E-state index in [1.54, 1.807) is 12.1 Å². The average molecular weight is 458 g/mol. The summed E-state index contributed by atoms with van der Waals surface area (Å²) in [6.07, 6.45) is 1.08. The van der Waals surface area contributed by atoms with Crippen molar-refractivity contribution >= 4 is 15.9 Å². The van der Waals surface area contributed by atoms with Gasteiger partial charge in [-0.3, -0.25) is 9.69 Å². The van der Waals surface area contributed by atoms with Crippen molar-refractivity contribution in [3.63, 3.8) is 0 Å². The van der Waals surface area contributed by atoms with Gasteiger partial charge in [0.1, 0.15) is 0 Å². The molecular formula is C25H35N3O3S. The maximum Gasteiger partial charge on any atom is 0.243 e. The third-order valence-corrected chi connectivity index (χ3v) is 8.26. The molecule has 1 aliphatic rings. The number of carbonyl (C=O) groups excluding carboxylic acids is 1. The molecule has 0 unspecified atom stereocenters. The highest BCUT2D eigenvalue weighted by molar-refractivity contribution is 7.89. The second kappa shape index (κ2) is 11.1. The maximum absolute atomic E-state index is 12.9. The number of hydrogen-bond donors (Lipinski definition) is 1. The van der Waals surface area contributed by atoms with Gasteiger partial charge in [0.25, 0.3) is 0 Å². The fourth-order valence-electron chi connectivity index (χ4n) is 4.12. The first-order chi connectivity index (χ1) is 15.3. The first kappa shape index (κ1) is 24.4. The zero-order chi connectivity index (χ0) is 23.1. The first-order valence-electron chi connectivity index (χ1n) is 11.5. The first-order valence-corrected chi connectivity index (χ1v) is 12.9. The van der Waals surface area contributed by atoms with Gasteiger partial charge in [0.2, 0.25) is 15.9 Å². The van der Waals surface area contributed by atoms with Gasteiger partial charge in [-0.15, -0.1) is 0 Å². The molecule has 0 aromatic heterocycles. The predicted octanol–water partition coefficient (Wildman–Crippen LogP) is 3.55. The van der Waals surface area contributed by atoms with Crippen molar-refractivity contribution in [3.8, 4) is 0 Å². The molecule has 0 aliphatic carbocycles. The van der Waals surface area contributed by atoms with Crippen LogP contribution in [0.25, 0.3) is 0 Å². The Labute approximate surface area is 192 Å². The Kier molecular flexibility index (Phi) is 8.45. The topological polar surface area (TPSA) is 69.7 Å². The lowest BCUT2D eigenvalue weighted by Crippen LogP contribution is -2.42. The van der Waals surface area contributed by atoms with Gasteiger partial charge in [0, 0.05) is 32.1 Å². The van der Waals surface area contributed by atoms with Crippen molar-refractivity contribution in [2.45, 2.75) is 51.6 Å². The zero-order valence-corrected chi connectivity index (χ0v) is 20.2. The Bertz CT molecular complexity index is 993. The standard InChI is InChI=1S/C25H35N3O3S/c1-4-27(5-2)19-23-9-7-6-8-22(23)18-26-25(29)21-14-16-28(17-15-21)32(30,31)24-12-10-20(3)11-13-24/h6-13,21H,4-5,14-19H2,1-3H3,(H,26,29). The Hall–Kier alpha value is -2.22. The van der Waals surface area contributed by atoms with Gasteiger partial charge in [-0.05, 0) is 56.1 Å². The summed E-state index contributed by atoms with van der Waals surface area (Å²) in [7, 11) is -3.51. The molecule has 6 nitrogen and oxygen atoms in total. The molecule has 1 heterocycles. The number of hydrogen-bond acceptors (Lipinski definition) is 4. The smallest absolute Gasteiger partial charge is 0.243 e. The summed E-state index contributed by atoms with van der Waals surface area (Å²) >= 11 is 0. The van der Waals surface area contributed by atoms with Crippen LogP contribution in [0.4, 0.5) is 0 Å². The van der Waals surface area contributed by atoms with E-state index in [0.29, 0.717) is 37.4 Å². The van der Waals surface area contributed by atoms with Crippen molar-refractivity contribution in [3.05, 3.63) is 65.2 Å². The lowest BCUT2D eigenvalue weighted by Gasteiger charge is -2.30. The number of sulfonamides is 1. The summed E-state index contributed by atoms with van der Waals surface area (Å²) in [6.45, 7) is 10.3. The Morgan fingerprint density at radius 2 is 1.59 bits per heavy atom. The van der Waals surface area contributed by atoms with Crippen LogP contribution < -0.4 is 5.32 Å². The maximum atomic E-state index is 12.9. The third-order valence-electron chi connectivity index (χ3n) is 6.34. The number of aryl methyl sites for hydroxylation is 1. The fraction of sp³-hybridized carbons (Fsp3) is 0.480. The minimum Gasteiger partial charge on any atom is -0.352 e. The van der Waals surface area contributed by atoms with Crippen molar-refractivity contribution in [1.82, 2.24) is 14.5 Å². The predicted molar refractivity (Wildman–Crippen MR) is 128 cm³/mol. The molecule has 0 atom stereocenters. The van der Waals surface area contributed by atoms with Gasteiger partial charge >= 0.3 is 0 Å². The van der Waals surface area contributed by atoms with Gasteiger partial charge in [-0.2, -0.15) is 4.31 Å². The van der Waals surface area contributed by atoms with E-state index in [0.717, 1.165) is 30.8 Å². The van der Waals surface area contributed by atoms with Crippen LogP contribution in [0.3, 0.4) is 0 Å². The van der Waals surface area contributed by atoms with Crippen molar-refractivity contribution < 1.29 is 13.2 Å². The van der Waals surface area contributed by atoms with Crippen LogP contribution >= 0.6 is 0 Å². The van der Waals surface area contributed by atoms with E-state index in [-0.39, 0.29) is 11.8 Å². The molecule has 0 bridgehead atoms. The molecule has 2 aromatic rings. The summed E-state index contributed by atoms with van der Waals surface area (Å²) < 4.78 is 27.3. The number of rotatable bonds is 9. The number of amides is 1. The van der Waals surface area contributed by atoms with Crippen LogP contribution in [0.2, 0.25) is 0 Å². The second-order valence-electron chi connectivity index (χ2n) is 8.44. The number of benzene rings is 2. The summed E-state index contributed by atoms with van der Waals surface area (Å²) in [4.78, 5) is 15.5. The molecule has 0 spiro atoms. The minimum absolute atomic E-state index is 0.00928. The van der Waals surface area contributed by atoms with Crippen LogP contribution in [0, 0.1) is 12.8 Å². The molecule has 0 radical (unpaired) electrons. The third kappa shape index (κ3) is 5.97. The van der Waals surface area contributed by atoms with Crippen LogP contribution in [-0.2, 0) is 27.9 Å². The van der Waals surface area contributed by atoms with E-state index in [4.69, 9.17) is 0 Å². The van der Waals surface area contributed by atoms with Crippen LogP contribution in [0.15, 0.2) is 53.4 Å². The quantitative estimate of drug-likeness (QED) is 0.625. The summed E-state index contributed by atoms with van der Waals surface area (Å²) in [5, 5.41) is 3.08. The van der Waals surface area contributed by atoms with Crippen molar-refractivity contribution in [1.29, 1.82) is 0 Å². The molecule has 1 amide bonds. The molecule has 3 rings (SSSR count). The van der Waals surface area contributed by atoms with Gasteiger partial charge < -0.3 is 5.32 Å². The van der Waals surface area contributed by atoms with E-state index in [1.807, 2.05) is 31.2 Å². The van der Waals surface area contributed by atoms with Gasteiger partial charge in [-0.1, -0.05) is 55.8 Å². The monoisotopic (exact) mass is 457 g/mol. The number of carbonyl (C=O) groups is 1. The van der Waals surface area contributed by atoms with E-state index < -0.39 is 10.0 Å². The Balaban J connectivity index is 1.55. The summed E-state index contributed by atoms with van der Waals surface area (Å²) in [5.74, 6) is -0.149. The molecule has 7 heteroatoms. The molecule has 1 saturated heterocycles. The fourth-order valence-corrected chi connectivity index (χ4v) is 5.59. The molecule has 174 valence electrons. The minimum atomic E-state index is -3.51. The number of nitrogens with one attached hydrogen (secondary N) is 1. The Morgan fingerprint density at radius 3 is 2.19 bits per heavy atom.